The fraction of sp³-hybridized carbons (Fsp3) is 0.545. The lowest BCUT2D eigenvalue weighted by atomic mass is 10.0. The molecule has 0 bridgehead atoms. The summed E-state index contributed by atoms with van der Waals surface area (Å²) >= 11 is 0. The lowest BCUT2D eigenvalue weighted by Crippen LogP contribution is -2.41. The average Bonchev–Trinajstić information content (AvgIpc) is 3.36. The summed E-state index contributed by atoms with van der Waals surface area (Å²) in [4.78, 5) is 28.1. The van der Waals surface area contributed by atoms with Gasteiger partial charge in [0.15, 0.2) is 5.82 Å². The third-order valence-electron chi connectivity index (χ3n) is 6.62. The molecule has 0 unspecified atom stereocenters. The molecular weight excluding hydrogens is 410 g/mol. The second kappa shape index (κ2) is 8.42. The molecule has 3 N–H and O–H groups in total. The maximum atomic E-state index is 13.2. The van der Waals surface area contributed by atoms with Crippen LogP contribution in [0.15, 0.2) is 17.1 Å². The summed E-state index contributed by atoms with van der Waals surface area (Å²) in [5.41, 5.74) is 8.09. The number of carbonyl (C=O) groups excluding carboxylic acids is 1. The number of aromatic amines is 1. The van der Waals surface area contributed by atoms with Gasteiger partial charge in [0.1, 0.15) is 11.1 Å². The Morgan fingerprint density at radius 1 is 1.31 bits per heavy atom. The number of anilines is 1. The van der Waals surface area contributed by atoms with Crippen molar-refractivity contribution in [3.63, 3.8) is 0 Å². The van der Waals surface area contributed by atoms with Gasteiger partial charge in [0.05, 0.1) is 11.2 Å². The molecule has 10 nitrogen and oxygen atoms in total. The maximum absolute atomic E-state index is 13.2. The number of nitrogens with zero attached hydrogens (tertiary/aromatic N) is 5. The highest BCUT2D eigenvalue weighted by Gasteiger charge is 2.27. The number of nitrogens with two attached hydrogens (primary N) is 1. The van der Waals surface area contributed by atoms with E-state index in [2.05, 4.69) is 29.1 Å². The number of nitrogens with one attached hydrogen (secondary N) is 1. The summed E-state index contributed by atoms with van der Waals surface area (Å²) in [5, 5.41) is 11.9. The Bertz CT molecular complexity index is 1200. The molecule has 0 saturated carbocycles. The molecule has 4 rings (SSSR count). The van der Waals surface area contributed by atoms with E-state index in [1.165, 1.54) is 0 Å². The van der Waals surface area contributed by atoms with E-state index < -0.39 is 0 Å². The fourth-order valence-electron chi connectivity index (χ4n) is 4.19. The van der Waals surface area contributed by atoms with Crippen LogP contribution < -0.4 is 11.3 Å². The molecule has 0 aromatic carbocycles. The Labute approximate surface area is 186 Å². The summed E-state index contributed by atoms with van der Waals surface area (Å²) in [6.45, 7) is 7.43. The number of fused-ring (bicyclic) bond motifs is 1. The van der Waals surface area contributed by atoms with Crippen LogP contribution in [-0.2, 0) is 11.8 Å². The Morgan fingerprint density at radius 3 is 2.66 bits per heavy atom. The number of hydrogen-bond donors (Lipinski definition) is 2. The number of aromatic nitrogens is 5. The van der Waals surface area contributed by atoms with E-state index >= 15 is 0 Å². The van der Waals surface area contributed by atoms with Gasteiger partial charge in [-0.25, -0.2) is 0 Å². The fourth-order valence-corrected chi connectivity index (χ4v) is 4.19. The van der Waals surface area contributed by atoms with Crippen LogP contribution in [0.3, 0.4) is 0 Å². The van der Waals surface area contributed by atoms with E-state index in [1.54, 1.807) is 33.5 Å². The molecule has 3 aromatic heterocycles. The molecule has 1 amide bonds. The van der Waals surface area contributed by atoms with Crippen molar-refractivity contribution in [1.82, 2.24) is 29.4 Å². The number of rotatable bonds is 5. The first-order valence-electron chi connectivity index (χ1n) is 11.0. The Hall–Kier alpha value is -3.14. The number of carbonyl (C=O) groups is 1. The van der Waals surface area contributed by atoms with Gasteiger partial charge in [-0.15, -0.1) is 0 Å². The van der Waals surface area contributed by atoms with Gasteiger partial charge < -0.3 is 19.9 Å². The molecule has 32 heavy (non-hydrogen) atoms. The molecule has 1 aliphatic rings. The van der Waals surface area contributed by atoms with E-state index in [0.29, 0.717) is 41.1 Å². The van der Waals surface area contributed by atoms with Gasteiger partial charge in [-0.3, -0.25) is 19.4 Å². The summed E-state index contributed by atoms with van der Waals surface area (Å²) in [7, 11) is 3.57. The predicted octanol–water partition coefficient (Wildman–Crippen LogP) is 2.18. The average molecular weight is 442 g/mol. The zero-order chi connectivity index (χ0) is 23.2. The molecule has 0 radical (unpaired) electrons. The third kappa shape index (κ3) is 3.68. The molecule has 4 heterocycles. The first kappa shape index (κ1) is 22.1. The summed E-state index contributed by atoms with van der Waals surface area (Å²) in [6, 6.07) is 1.85. The lowest BCUT2D eigenvalue weighted by molar-refractivity contribution is 0.0356. The van der Waals surface area contributed by atoms with Gasteiger partial charge in [0.2, 0.25) is 0 Å². The SMILES string of the molecule is CC(C)[C@H](C)n1cc(-c2cc(C(=O)N(C)C3CCOCC3)n(C)n2)c2[nH]nc(N)c2c1=O. The van der Waals surface area contributed by atoms with Crippen molar-refractivity contribution in [3.05, 3.63) is 28.3 Å². The maximum Gasteiger partial charge on any atom is 0.272 e. The first-order chi connectivity index (χ1) is 15.2. The number of ether oxygens (including phenoxy) is 1. The summed E-state index contributed by atoms with van der Waals surface area (Å²) in [5.74, 6) is 0.297. The lowest BCUT2D eigenvalue weighted by Gasteiger charge is -2.31. The highest BCUT2D eigenvalue weighted by molar-refractivity contribution is 5.99. The Kier molecular flexibility index (Phi) is 5.81. The minimum atomic E-state index is -0.192. The van der Waals surface area contributed by atoms with E-state index in [1.807, 2.05) is 14.0 Å². The third-order valence-corrected chi connectivity index (χ3v) is 6.62. The minimum Gasteiger partial charge on any atom is -0.382 e. The van der Waals surface area contributed by atoms with Gasteiger partial charge in [0.25, 0.3) is 11.5 Å². The van der Waals surface area contributed by atoms with E-state index in [-0.39, 0.29) is 35.3 Å². The van der Waals surface area contributed by atoms with Crippen molar-refractivity contribution in [1.29, 1.82) is 0 Å². The van der Waals surface area contributed by atoms with Crippen molar-refractivity contribution in [2.75, 3.05) is 26.0 Å². The molecule has 0 spiro atoms. The molecule has 1 atom stereocenters. The Morgan fingerprint density at radius 2 is 2.00 bits per heavy atom. The normalized spacial score (nSPS) is 16.1. The highest BCUT2D eigenvalue weighted by atomic mass is 16.5. The van der Waals surface area contributed by atoms with Crippen molar-refractivity contribution >= 4 is 22.6 Å². The molecule has 1 aliphatic heterocycles. The second-order valence-electron chi connectivity index (χ2n) is 8.90. The zero-order valence-electron chi connectivity index (χ0n) is 19.3. The van der Waals surface area contributed by atoms with Gasteiger partial charge in [-0.1, -0.05) is 13.8 Å². The van der Waals surface area contributed by atoms with E-state index in [0.717, 1.165) is 12.8 Å². The van der Waals surface area contributed by atoms with Crippen LogP contribution in [0.25, 0.3) is 22.2 Å². The molecule has 1 saturated heterocycles. The second-order valence-corrected chi connectivity index (χ2v) is 8.90. The van der Waals surface area contributed by atoms with Gasteiger partial charge in [-0.05, 0) is 31.7 Å². The van der Waals surface area contributed by atoms with Crippen molar-refractivity contribution < 1.29 is 9.53 Å². The topological polar surface area (TPSA) is 124 Å². The summed E-state index contributed by atoms with van der Waals surface area (Å²) in [6.07, 6.45) is 3.42. The number of nitrogen functional groups attached to an aromatic ring is 1. The Balaban J connectivity index is 1.79. The zero-order valence-corrected chi connectivity index (χ0v) is 19.3. The molecule has 0 aliphatic carbocycles. The quantitative estimate of drug-likeness (QED) is 0.625. The van der Waals surface area contributed by atoms with Gasteiger partial charge in [0, 0.05) is 51.2 Å². The molecule has 172 valence electrons. The van der Waals surface area contributed by atoms with Crippen LogP contribution in [0.5, 0.6) is 0 Å². The van der Waals surface area contributed by atoms with Gasteiger partial charge >= 0.3 is 0 Å². The van der Waals surface area contributed by atoms with Crippen molar-refractivity contribution in [2.45, 2.75) is 45.7 Å². The predicted molar refractivity (Wildman–Crippen MR) is 122 cm³/mol. The molecule has 10 heteroatoms. The van der Waals surface area contributed by atoms with E-state index in [4.69, 9.17) is 10.5 Å². The molecular formula is C22H31N7O3. The highest BCUT2D eigenvalue weighted by Crippen LogP contribution is 2.29. The van der Waals surface area contributed by atoms with Gasteiger partial charge in [-0.2, -0.15) is 10.2 Å². The first-order valence-corrected chi connectivity index (χ1v) is 11.0. The summed E-state index contributed by atoms with van der Waals surface area (Å²) < 4.78 is 8.68. The van der Waals surface area contributed by atoms with Crippen molar-refractivity contribution in [2.24, 2.45) is 13.0 Å². The number of pyridine rings is 1. The molecule has 3 aromatic rings. The number of aryl methyl sites for hydroxylation is 1. The van der Waals surface area contributed by atoms with Crippen LogP contribution in [0.2, 0.25) is 0 Å². The largest absolute Gasteiger partial charge is 0.382 e. The van der Waals surface area contributed by atoms with Crippen LogP contribution in [0.1, 0.15) is 50.1 Å². The van der Waals surface area contributed by atoms with Crippen molar-refractivity contribution in [3.8, 4) is 11.3 Å². The monoisotopic (exact) mass is 441 g/mol. The van der Waals surface area contributed by atoms with Crippen LogP contribution in [-0.4, -0.2) is 61.7 Å². The smallest absolute Gasteiger partial charge is 0.272 e. The van der Waals surface area contributed by atoms with E-state index in [9.17, 15) is 9.59 Å². The minimum absolute atomic E-state index is 0.0515. The standard InChI is InChI=1S/C22H31N7O3/c1-12(2)13(3)29-11-15(19-18(22(29)31)20(23)25-24-19)16-10-17(28(5)26-16)21(30)27(4)14-6-8-32-9-7-14/h10-14H,6-9H2,1-5H3,(H3,23,24,25)/t13-/m0/s1. The van der Waals surface area contributed by atoms with Crippen LogP contribution in [0, 0.1) is 5.92 Å². The molecule has 1 fully saturated rings. The number of hydrogen-bond acceptors (Lipinski definition) is 6. The number of amides is 1. The van der Waals surface area contributed by atoms with Crippen LogP contribution >= 0.6 is 0 Å². The van der Waals surface area contributed by atoms with Crippen LogP contribution in [0.4, 0.5) is 5.82 Å². The number of H-pyrrole nitrogens is 1.